The van der Waals surface area contributed by atoms with Crippen LogP contribution in [0.3, 0.4) is 0 Å². The number of carbonyl (C=O) groups is 1. The summed E-state index contributed by atoms with van der Waals surface area (Å²) in [5.41, 5.74) is 6.98. The number of aromatic nitrogens is 1. The molecule has 84 valence electrons. The second-order valence-electron chi connectivity index (χ2n) is 3.71. The number of Topliss-reactive ketones (excluding diaryl/α,β-unsaturated/α-hetero) is 1. The summed E-state index contributed by atoms with van der Waals surface area (Å²) in [4.78, 5) is 11.9. The van der Waals surface area contributed by atoms with Gasteiger partial charge in [-0.25, -0.2) is 0 Å². The van der Waals surface area contributed by atoms with Crippen molar-refractivity contribution in [2.24, 2.45) is 5.73 Å². The minimum atomic E-state index is -0.504. The largest absolute Gasteiger partial charge is 0.495 e. The van der Waals surface area contributed by atoms with Gasteiger partial charge in [-0.3, -0.25) is 4.79 Å². The highest BCUT2D eigenvalue weighted by Gasteiger charge is 2.17. The monoisotopic (exact) mass is 218 g/mol. The molecule has 0 saturated heterocycles. The molecule has 0 aliphatic rings. The number of ketones is 1. The summed E-state index contributed by atoms with van der Waals surface area (Å²) in [6.45, 7) is 1.68. The van der Waals surface area contributed by atoms with Crippen LogP contribution in [0.15, 0.2) is 30.6 Å². The summed E-state index contributed by atoms with van der Waals surface area (Å²) in [5.74, 6) is 0.600. The van der Waals surface area contributed by atoms with E-state index in [9.17, 15) is 4.79 Å². The minimum Gasteiger partial charge on any atom is -0.495 e. The van der Waals surface area contributed by atoms with Crippen molar-refractivity contribution in [2.45, 2.75) is 13.0 Å². The zero-order chi connectivity index (χ0) is 11.7. The van der Waals surface area contributed by atoms with E-state index in [2.05, 4.69) is 0 Å². The second-order valence-corrected chi connectivity index (χ2v) is 3.71. The molecule has 0 bridgehead atoms. The van der Waals surface area contributed by atoms with E-state index in [4.69, 9.17) is 10.5 Å². The number of ether oxygens (including phenoxy) is 1. The van der Waals surface area contributed by atoms with Gasteiger partial charge in [0, 0.05) is 18.0 Å². The Hall–Kier alpha value is -1.81. The van der Waals surface area contributed by atoms with E-state index < -0.39 is 6.04 Å². The summed E-state index contributed by atoms with van der Waals surface area (Å²) < 4.78 is 7.10. The normalized spacial score (nSPS) is 12.7. The molecule has 2 N–H and O–H groups in total. The maximum atomic E-state index is 11.9. The standard InChI is InChI=1S/C12H14N2O2/c1-8(13)12(15)9-5-7-14-6-3-4-10(16-2)11(9)14/h3-8H,13H2,1-2H3. The number of hydrogen-bond acceptors (Lipinski definition) is 3. The number of hydrogen-bond donors (Lipinski definition) is 1. The van der Waals surface area contributed by atoms with Crippen molar-refractivity contribution in [2.75, 3.05) is 7.11 Å². The molecule has 4 nitrogen and oxygen atoms in total. The fourth-order valence-electron chi connectivity index (χ4n) is 1.74. The number of nitrogens with two attached hydrogens (primary N) is 1. The van der Waals surface area contributed by atoms with Crippen molar-refractivity contribution in [1.29, 1.82) is 0 Å². The summed E-state index contributed by atoms with van der Waals surface area (Å²) in [7, 11) is 1.59. The third-order valence-electron chi connectivity index (χ3n) is 2.54. The fourth-order valence-corrected chi connectivity index (χ4v) is 1.74. The van der Waals surface area contributed by atoms with Crippen molar-refractivity contribution in [3.05, 3.63) is 36.2 Å². The lowest BCUT2D eigenvalue weighted by Gasteiger charge is -2.07. The zero-order valence-corrected chi connectivity index (χ0v) is 9.31. The van der Waals surface area contributed by atoms with Crippen molar-refractivity contribution in [3.63, 3.8) is 0 Å². The van der Waals surface area contributed by atoms with Crippen molar-refractivity contribution < 1.29 is 9.53 Å². The molecule has 0 aliphatic carbocycles. The Bertz CT molecular complexity index is 529. The van der Waals surface area contributed by atoms with Gasteiger partial charge in [-0.2, -0.15) is 0 Å². The summed E-state index contributed by atoms with van der Waals surface area (Å²) in [5, 5.41) is 0. The molecular weight excluding hydrogens is 204 g/mol. The van der Waals surface area contributed by atoms with Crippen LogP contribution in [0.25, 0.3) is 5.52 Å². The molecule has 4 heteroatoms. The van der Waals surface area contributed by atoms with Crippen LogP contribution in [0.2, 0.25) is 0 Å². The molecule has 16 heavy (non-hydrogen) atoms. The molecule has 0 aromatic carbocycles. The number of carbonyl (C=O) groups excluding carboxylic acids is 1. The number of rotatable bonds is 3. The van der Waals surface area contributed by atoms with Crippen molar-refractivity contribution in [1.82, 2.24) is 4.40 Å². The van der Waals surface area contributed by atoms with Gasteiger partial charge in [-0.05, 0) is 25.1 Å². The first kappa shape index (κ1) is 10.7. The Balaban J connectivity index is 2.67. The third-order valence-corrected chi connectivity index (χ3v) is 2.54. The van der Waals surface area contributed by atoms with E-state index in [1.807, 2.05) is 28.9 Å². The average Bonchev–Trinajstić information content (AvgIpc) is 2.71. The predicted octanol–water partition coefficient (Wildman–Crippen LogP) is 1.48. The number of nitrogens with zero attached hydrogens (tertiary/aromatic N) is 1. The van der Waals surface area contributed by atoms with Gasteiger partial charge >= 0.3 is 0 Å². The highest BCUT2D eigenvalue weighted by atomic mass is 16.5. The quantitative estimate of drug-likeness (QED) is 0.794. The molecule has 0 aliphatic heterocycles. The first-order valence-electron chi connectivity index (χ1n) is 5.08. The van der Waals surface area contributed by atoms with Gasteiger partial charge in [0.05, 0.1) is 18.7 Å². The van der Waals surface area contributed by atoms with E-state index in [1.165, 1.54) is 0 Å². The molecule has 0 fully saturated rings. The maximum absolute atomic E-state index is 11.9. The molecule has 1 atom stereocenters. The maximum Gasteiger partial charge on any atom is 0.181 e. The molecule has 1 unspecified atom stereocenters. The van der Waals surface area contributed by atoms with Gasteiger partial charge in [-0.1, -0.05) is 0 Å². The van der Waals surface area contributed by atoms with Crippen LogP contribution in [0.5, 0.6) is 5.75 Å². The molecule has 2 heterocycles. The topological polar surface area (TPSA) is 56.7 Å². The van der Waals surface area contributed by atoms with Gasteiger partial charge in [0.2, 0.25) is 0 Å². The van der Waals surface area contributed by atoms with Gasteiger partial charge in [-0.15, -0.1) is 0 Å². The van der Waals surface area contributed by atoms with Gasteiger partial charge in [0.1, 0.15) is 5.75 Å². The predicted molar refractivity (Wildman–Crippen MR) is 61.9 cm³/mol. The SMILES string of the molecule is COc1cccn2ccc(C(=O)C(C)N)c12. The van der Waals surface area contributed by atoms with E-state index in [0.717, 1.165) is 5.52 Å². The van der Waals surface area contributed by atoms with Crippen LogP contribution in [0.4, 0.5) is 0 Å². The Morgan fingerprint density at radius 2 is 2.19 bits per heavy atom. The van der Waals surface area contributed by atoms with Crippen LogP contribution in [-0.4, -0.2) is 23.3 Å². The molecule has 2 aromatic rings. The Morgan fingerprint density at radius 1 is 1.44 bits per heavy atom. The number of methoxy groups -OCH3 is 1. The van der Waals surface area contributed by atoms with Gasteiger partial charge in [0.25, 0.3) is 0 Å². The van der Waals surface area contributed by atoms with E-state index in [1.54, 1.807) is 20.1 Å². The molecule has 2 aromatic heterocycles. The van der Waals surface area contributed by atoms with Gasteiger partial charge < -0.3 is 14.9 Å². The summed E-state index contributed by atoms with van der Waals surface area (Å²) in [6.07, 6.45) is 3.70. The molecule has 0 amide bonds. The van der Waals surface area contributed by atoms with E-state index in [0.29, 0.717) is 11.3 Å². The van der Waals surface area contributed by atoms with Crippen LogP contribution in [0.1, 0.15) is 17.3 Å². The van der Waals surface area contributed by atoms with Crippen LogP contribution >= 0.6 is 0 Å². The lowest BCUT2D eigenvalue weighted by atomic mass is 10.1. The van der Waals surface area contributed by atoms with Crippen LogP contribution < -0.4 is 10.5 Å². The Labute approximate surface area is 93.6 Å². The van der Waals surface area contributed by atoms with E-state index in [-0.39, 0.29) is 5.78 Å². The lowest BCUT2D eigenvalue weighted by Crippen LogP contribution is -2.26. The first-order valence-corrected chi connectivity index (χ1v) is 5.08. The Morgan fingerprint density at radius 3 is 2.81 bits per heavy atom. The smallest absolute Gasteiger partial charge is 0.181 e. The summed E-state index contributed by atoms with van der Waals surface area (Å²) >= 11 is 0. The lowest BCUT2D eigenvalue weighted by molar-refractivity contribution is 0.0969. The minimum absolute atomic E-state index is 0.0769. The van der Waals surface area contributed by atoms with Crippen LogP contribution in [-0.2, 0) is 0 Å². The van der Waals surface area contributed by atoms with Crippen molar-refractivity contribution >= 4 is 11.3 Å². The molecule has 0 saturated carbocycles. The molecule has 0 spiro atoms. The molecular formula is C12H14N2O2. The Kier molecular flexibility index (Phi) is 2.66. The fraction of sp³-hybridized carbons (Fsp3) is 0.250. The third kappa shape index (κ3) is 1.57. The number of fused-ring (bicyclic) bond motifs is 1. The van der Waals surface area contributed by atoms with E-state index >= 15 is 0 Å². The van der Waals surface area contributed by atoms with Gasteiger partial charge in [0.15, 0.2) is 5.78 Å². The number of pyridine rings is 1. The van der Waals surface area contributed by atoms with Crippen molar-refractivity contribution in [3.8, 4) is 5.75 Å². The summed E-state index contributed by atoms with van der Waals surface area (Å²) in [6, 6.07) is 4.96. The zero-order valence-electron chi connectivity index (χ0n) is 9.31. The first-order chi connectivity index (χ1) is 7.65. The molecule has 0 radical (unpaired) electrons. The molecule has 2 rings (SSSR count). The highest BCUT2D eigenvalue weighted by Crippen LogP contribution is 2.24. The second kappa shape index (κ2) is 3.98. The van der Waals surface area contributed by atoms with Crippen LogP contribution in [0, 0.1) is 0 Å². The highest BCUT2D eigenvalue weighted by molar-refractivity contribution is 6.06. The average molecular weight is 218 g/mol.